The van der Waals surface area contributed by atoms with Crippen molar-refractivity contribution >= 4 is 0 Å². The van der Waals surface area contributed by atoms with Gasteiger partial charge < -0.3 is 18.9 Å². The molecule has 0 unspecified atom stereocenters. The normalized spacial score (nSPS) is 30.0. The minimum absolute atomic E-state index is 0.335. The lowest BCUT2D eigenvalue weighted by molar-refractivity contribution is 0.0904. The fourth-order valence-electron chi connectivity index (χ4n) is 3.87. The molecule has 1 aromatic rings. The minimum Gasteiger partial charge on any atom is -0.454 e. The van der Waals surface area contributed by atoms with Gasteiger partial charge in [-0.2, -0.15) is 0 Å². The van der Waals surface area contributed by atoms with Crippen molar-refractivity contribution in [3.05, 3.63) is 23.8 Å². The second-order valence-corrected chi connectivity index (χ2v) is 6.46. The van der Waals surface area contributed by atoms with E-state index in [0.29, 0.717) is 24.7 Å². The third-order valence-electron chi connectivity index (χ3n) is 5.05. The number of hydrogen-bond acceptors (Lipinski definition) is 5. The first-order chi connectivity index (χ1) is 10.8. The van der Waals surface area contributed by atoms with Crippen molar-refractivity contribution in [1.82, 2.24) is 4.90 Å². The van der Waals surface area contributed by atoms with Crippen LogP contribution in [0.5, 0.6) is 11.5 Å². The number of benzene rings is 1. The summed E-state index contributed by atoms with van der Waals surface area (Å²) in [4.78, 5) is 2.49. The van der Waals surface area contributed by atoms with Crippen LogP contribution in [0.4, 0.5) is 0 Å². The lowest BCUT2D eigenvalue weighted by Gasteiger charge is -2.19. The Morgan fingerprint density at radius 1 is 1.23 bits per heavy atom. The van der Waals surface area contributed by atoms with E-state index in [1.54, 1.807) is 7.11 Å². The van der Waals surface area contributed by atoms with Gasteiger partial charge in [0.2, 0.25) is 6.79 Å². The molecule has 0 radical (unpaired) electrons. The maximum absolute atomic E-state index is 5.99. The molecule has 4 rings (SSSR count). The highest BCUT2D eigenvalue weighted by Crippen LogP contribution is 2.37. The topological polar surface area (TPSA) is 40.2 Å². The van der Waals surface area contributed by atoms with Crippen molar-refractivity contribution < 1.29 is 18.9 Å². The summed E-state index contributed by atoms with van der Waals surface area (Å²) in [7, 11) is 1.77. The van der Waals surface area contributed by atoms with E-state index in [-0.39, 0.29) is 0 Å². The Morgan fingerprint density at radius 3 is 3.05 bits per heavy atom. The molecular weight excluding hydrogens is 282 g/mol. The summed E-state index contributed by atoms with van der Waals surface area (Å²) in [5, 5.41) is 0. The molecule has 0 amide bonds. The number of methoxy groups -OCH3 is 1. The molecule has 0 spiro atoms. The van der Waals surface area contributed by atoms with Crippen LogP contribution < -0.4 is 9.47 Å². The average molecular weight is 305 g/mol. The highest BCUT2D eigenvalue weighted by molar-refractivity contribution is 5.44. The molecule has 0 aliphatic carbocycles. The molecule has 3 heterocycles. The number of nitrogens with zero attached hydrogens (tertiary/aromatic N) is 1. The van der Waals surface area contributed by atoms with Crippen LogP contribution >= 0.6 is 0 Å². The zero-order chi connectivity index (χ0) is 14.9. The van der Waals surface area contributed by atoms with Crippen molar-refractivity contribution in [2.24, 2.45) is 11.8 Å². The van der Waals surface area contributed by atoms with E-state index in [1.165, 1.54) is 5.56 Å². The molecule has 0 N–H and O–H groups in total. The Balaban J connectivity index is 1.37. The van der Waals surface area contributed by atoms with E-state index < -0.39 is 0 Å². The molecule has 5 heteroatoms. The van der Waals surface area contributed by atoms with Gasteiger partial charge in [-0.15, -0.1) is 0 Å². The van der Waals surface area contributed by atoms with Gasteiger partial charge in [0.15, 0.2) is 11.5 Å². The van der Waals surface area contributed by atoms with Crippen molar-refractivity contribution in [1.29, 1.82) is 0 Å². The summed E-state index contributed by atoms with van der Waals surface area (Å²) in [6.07, 6.45) is 1.51. The van der Waals surface area contributed by atoms with E-state index in [4.69, 9.17) is 18.9 Å². The molecule has 3 aliphatic rings. The summed E-state index contributed by atoms with van der Waals surface area (Å²) in [5.74, 6) is 3.02. The summed E-state index contributed by atoms with van der Waals surface area (Å²) in [6.45, 7) is 5.16. The lowest BCUT2D eigenvalue weighted by atomic mass is 9.91. The maximum atomic E-state index is 5.99. The molecule has 0 bridgehead atoms. The van der Waals surface area contributed by atoms with E-state index >= 15 is 0 Å². The van der Waals surface area contributed by atoms with Crippen molar-refractivity contribution in [2.75, 3.05) is 40.2 Å². The van der Waals surface area contributed by atoms with Crippen LogP contribution in [-0.4, -0.2) is 51.2 Å². The van der Waals surface area contributed by atoms with Crippen LogP contribution in [0.25, 0.3) is 0 Å². The Kier molecular flexibility index (Phi) is 3.94. The number of hydrogen-bond donors (Lipinski definition) is 0. The van der Waals surface area contributed by atoms with Crippen LogP contribution in [0, 0.1) is 11.8 Å². The van der Waals surface area contributed by atoms with E-state index in [9.17, 15) is 0 Å². The van der Waals surface area contributed by atoms with Crippen LogP contribution in [0.1, 0.15) is 12.0 Å². The van der Waals surface area contributed by atoms with Crippen molar-refractivity contribution in [2.45, 2.75) is 19.1 Å². The molecule has 120 valence electrons. The predicted octanol–water partition coefficient (Wildman–Crippen LogP) is 1.90. The van der Waals surface area contributed by atoms with Crippen molar-refractivity contribution in [3.63, 3.8) is 0 Å². The lowest BCUT2D eigenvalue weighted by Crippen LogP contribution is -2.24. The Hall–Kier alpha value is -1.30. The molecular formula is C17H23NO4. The molecule has 3 atom stereocenters. The minimum atomic E-state index is 0.335. The molecule has 1 aromatic carbocycles. The summed E-state index contributed by atoms with van der Waals surface area (Å²) in [5.41, 5.74) is 1.28. The smallest absolute Gasteiger partial charge is 0.231 e. The van der Waals surface area contributed by atoms with Crippen LogP contribution in [0.15, 0.2) is 18.2 Å². The first-order valence-corrected chi connectivity index (χ1v) is 8.05. The third kappa shape index (κ3) is 2.69. The second kappa shape index (κ2) is 6.07. The summed E-state index contributed by atoms with van der Waals surface area (Å²) < 4.78 is 22.0. The summed E-state index contributed by atoms with van der Waals surface area (Å²) >= 11 is 0. The number of rotatable bonds is 5. The molecule has 0 aromatic heterocycles. The van der Waals surface area contributed by atoms with Gasteiger partial charge in [-0.1, -0.05) is 6.07 Å². The van der Waals surface area contributed by atoms with Gasteiger partial charge in [0.1, 0.15) is 0 Å². The predicted molar refractivity (Wildman–Crippen MR) is 81.1 cm³/mol. The molecule has 3 aliphatic heterocycles. The highest BCUT2D eigenvalue weighted by Gasteiger charge is 2.43. The molecule has 2 fully saturated rings. The molecule has 0 saturated carbocycles. The number of ether oxygens (including phenoxy) is 4. The van der Waals surface area contributed by atoms with Crippen LogP contribution in [0.2, 0.25) is 0 Å². The van der Waals surface area contributed by atoms with Gasteiger partial charge in [-0.25, -0.2) is 0 Å². The van der Waals surface area contributed by atoms with E-state index in [1.807, 2.05) is 6.07 Å². The van der Waals surface area contributed by atoms with Crippen LogP contribution in [0.3, 0.4) is 0 Å². The monoisotopic (exact) mass is 305 g/mol. The Labute approximate surface area is 131 Å². The maximum Gasteiger partial charge on any atom is 0.231 e. The molecule has 22 heavy (non-hydrogen) atoms. The standard InChI is InChI=1S/C17H23NO4/c1-19-5-4-13-10-20-17-9-18(8-14(13)17)7-12-2-3-15-16(6-12)22-11-21-15/h2-3,6,13-14,17H,4-5,7-11H2,1H3/t13-,14-,17-/m1/s1. The largest absolute Gasteiger partial charge is 0.454 e. The first-order valence-electron chi connectivity index (χ1n) is 8.05. The number of fused-ring (bicyclic) bond motifs is 2. The average Bonchev–Trinajstić information content (AvgIpc) is 3.20. The first kappa shape index (κ1) is 14.3. The van der Waals surface area contributed by atoms with Gasteiger partial charge in [-0.05, 0) is 30.0 Å². The van der Waals surface area contributed by atoms with E-state index in [0.717, 1.165) is 50.8 Å². The molecule has 5 nitrogen and oxygen atoms in total. The fourth-order valence-corrected chi connectivity index (χ4v) is 3.87. The quantitative estimate of drug-likeness (QED) is 0.831. The highest BCUT2D eigenvalue weighted by atomic mass is 16.7. The van der Waals surface area contributed by atoms with Gasteiger partial charge in [0, 0.05) is 39.3 Å². The van der Waals surface area contributed by atoms with Crippen molar-refractivity contribution in [3.8, 4) is 11.5 Å². The van der Waals surface area contributed by atoms with Gasteiger partial charge in [-0.3, -0.25) is 4.90 Å². The Morgan fingerprint density at radius 2 is 2.14 bits per heavy atom. The second-order valence-electron chi connectivity index (χ2n) is 6.46. The zero-order valence-corrected chi connectivity index (χ0v) is 13.0. The van der Waals surface area contributed by atoms with Gasteiger partial charge in [0.25, 0.3) is 0 Å². The number of likely N-dealkylation sites (tertiary alicyclic amines) is 1. The Bertz CT molecular complexity index is 535. The SMILES string of the molecule is COCC[C@@H]1CO[C@@H]2CN(Cc3ccc4c(c3)OCO4)C[C@H]12. The third-order valence-corrected chi connectivity index (χ3v) is 5.05. The van der Waals surface area contributed by atoms with Gasteiger partial charge in [0.05, 0.1) is 12.7 Å². The van der Waals surface area contributed by atoms with Gasteiger partial charge >= 0.3 is 0 Å². The zero-order valence-electron chi connectivity index (χ0n) is 13.0. The van der Waals surface area contributed by atoms with E-state index in [2.05, 4.69) is 17.0 Å². The fraction of sp³-hybridized carbons (Fsp3) is 0.647. The van der Waals surface area contributed by atoms with Crippen LogP contribution in [-0.2, 0) is 16.0 Å². The molecule has 2 saturated heterocycles. The summed E-state index contributed by atoms with van der Waals surface area (Å²) in [6, 6.07) is 6.23.